The number of carbonyl (C=O) groups excluding carboxylic acids is 2. The van der Waals surface area contributed by atoms with Gasteiger partial charge in [-0.25, -0.2) is 0 Å². The number of likely N-dealkylation sites (tertiary alicyclic amines) is 1. The Morgan fingerprint density at radius 1 is 1.18 bits per heavy atom. The van der Waals surface area contributed by atoms with E-state index in [-0.39, 0.29) is 34.6 Å². The summed E-state index contributed by atoms with van der Waals surface area (Å²) >= 11 is 0. The molecule has 1 aliphatic carbocycles. The molecule has 0 spiro atoms. The minimum atomic E-state index is -0.0951. The lowest BCUT2D eigenvalue weighted by Crippen LogP contribution is -2.44. The van der Waals surface area contributed by atoms with E-state index in [9.17, 15) is 9.59 Å². The predicted molar refractivity (Wildman–Crippen MR) is 65.2 cm³/mol. The van der Waals surface area contributed by atoms with Crippen molar-refractivity contribution in [1.29, 1.82) is 0 Å². The molecule has 0 aromatic carbocycles. The first-order valence-corrected chi connectivity index (χ1v) is 6.26. The average Bonchev–Trinajstić information content (AvgIpc) is 2.61. The van der Waals surface area contributed by atoms with Crippen molar-refractivity contribution in [3.8, 4) is 0 Å². The first-order valence-electron chi connectivity index (χ1n) is 6.26. The van der Waals surface area contributed by atoms with Gasteiger partial charge in [-0.1, -0.05) is 13.8 Å². The second-order valence-corrected chi connectivity index (χ2v) is 6.78. The van der Waals surface area contributed by atoms with E-state index in [1.807, 2.05) is 13.8 Å². The van der Waals surface area contributed by atoms with Crippen molar-refractivity contribution in [1.82, 2.24) is 10.2 Å². The van der Waals surface area contributed by atoms with Gasteiger partial charge in [0.2, 0.25) is 11.8 Å². The number of nitrogens with one attached hydrogen (secondary N) is 1. The van der Waals surface area contributed by atoms with E-state index in [1.54, 1.807) is 0 Å². The fraction of sp³-hybridized carbons (Fsp3) is 0.846. The number of fused-ring (bicyclic) bond motifs is 1. The van der Waals surface area contributed by atoms with Crippen molar-refractivity contribution in [2.45, 2.75) is 40.2 Å². The van der Waals surface area contributed by atoms with Crippen LogP contribution in [0.1, 0.15) is 34.6 Å². The summed E-state index contributed by atoms with van der Waals surface area (Å²) in [4.78, 5) is 25.4. The van der Waals surface area contributed by atoms with Crippen LogP contribution < -0.4 is 5.32 Å². The largest absolute Gasteiger partial charge is 0.310 e. The molecule has 17 heavy (non-hydrogen) atoms. The molecule has 2 atom stereocenters. The molecular weight excluding hydrogens is 216 g/mol. The Kier molecular flexibility index (Phi) is 2.62. The highest BCUT2D eigenvalue weighted by Crippen LogP contribution is 2.63. The molecule has 2 fully saturated rings. The average molecular weight is 238 g/mol. The Morgan fingerprint density at radius 2 is 1.65 bits per heavy atom. The van der Waals surface area contributed by atoms with Crippen LogP contribution in [0, 0.1) is 17.3 Å². The number of nitrogens with zero attached hydrogens (tertiary/aromatic N) is 1. The van der Waals surface area contributed by atoms with Crippen LogP contribution in [0.4, 0.5) is 0 Å². The number of carbonyl (C=O) groups is 2. The van der Waals surface area contributed by atoms with Gasteiger partial charge >= 0.3 is 0 Å². The first kappa shape index (κ1) is 12.6. The number of hydrogen-bond acceptors (Lipinski definition) is 3. The molecule has 0 aromatic rings. The van der Waals surface area contributed by atoms with E-state index in [2.05, 4.69) is 26.1 Å². The van der Waals surface area contributed by atoms with Crippen molar-refractivity contribution in [2.24, 2.45) is 17.3 Å². The topological polar surface area (TPSA) is 49.4 Å². The summed E-state index contributed by atoms with van der Waals surface area (Å²) in [5, 5.41) is 3.29. The number of rotatable bonds is 3. The Hall–Kier alpha value is -0.900. The van der Waals surface area contributed by atoms with Crippen molar-refractivity contribution < 1.29 is 9.59 Å². The molecule has 1 N–H and O–H groups in total. The third-order valence-corrected chi connectivity index (χ3v) is 3.88. The molecule has 0 aromatic heterocycles. The van der Waals surface area contributed by atoms with Crippen LogP contribution in [0.25, 0.3) is 0 Å². The third kappa shape index (κ3) is 1.99. The van der Waals surface area contributed by atoms with Crippen molar-refractivity contribution >= 4 is 11.8 Å². The monoisotopic (exact) mass is 238 g/mol. The number of piperidine rings is 1. The van der Waals surface area contributed by atoms with Crippen LogP contribution in [-0.4, -0.2) is 35.3 Å². The molecular formula is C13H22N2O2. The molecule has 2 aliphatic rings. The zero-order valence-corrected chi connectivity index (χ0v) is 11.3. The predicted octanol–water partition coefficient (Wildman–Crippen LogP) is 1.02. The van der Waals surface area contributed by atoms with Gasteiger partial charge in [-0.2, -0.15) is 0 Å². The summed E-state index contributed by atoms with van der Waals surface area (Å²) in [6, 6.07) is 0. The molecule has 2 amide bonds. The second-order valence-electron chi connectivity index (χ2n) is 6.78. The summed E-state index contributed by atoms with van der Waals surface area (Å²) in [6.07, 6.45) is 0. The zero-order chi connectivity index (χ0) is 13.0. The van der Waals surface area contributed by atoms with E-state index in [4.69, 9.17) is 0 Å². The Bertz CT molecular complexity index is 344. The van der Waals surface area contributed by atoms with Gasteiger partial charge in [0.15, 0.2) is 0 Å². The fourth-order valence-corrected chi connectivity index (χ4v) is 2.77. The maximum atomic E-state index is 12.0. The van der Waals surface area contributed by atoms with Gasteiger partial charge in [0.05, 0.1) is 11.8 Å². The molecule has 1 heterocycles. The molecule has 1 saturated heterocycles. The number of hydrogen-bond donors (Lipinski definition) is 1. The van der Waals surface area contributed by atoms with Gasteiger partial charge in [-0.05, 0) is 26.2 Å². The fourth-order valence-electron chi connectivity index (χ4n) is 2.77. The molecule has 1 saturated carbocycles. The van der Waals surface area contributed by atoms with E-state index in [1.165, 1.54) is 4.90 Å². The van der Waals surface area contributed by atoms with Gasteiger partial charge in [0, 0.05) is 18.6 Å². The highest BCUT2D eigenvalue weighted by atomic mass is 16.2. The SMILES string of the molecule is CC(C)(C)NCCN1C(=O)C2C(C1=O)C2(C)C. The molecule has 4 nitrogen and oxygen atoms in total. The molecule has 1 aliphatic heterocycles. The smallest absolute Gasteiger partial charge is 0.233 e. The lowest BCUT2D eigenvalue weighted by Gasteiger charge is -2.24. The summed E-state index contributed by atoms with van der Waals surface area (Å²) in [7, 11) is 0. The summed E-state index contributed by atoms with van der Waals surface area (Å²) < 4.78 is 0. The van der Waals surface area contributed by atoms with Crippen LogP contribution in [0.3, 0.4) is 0 Å². The Morgan fingerprint density at radius 3 is 2.06 bits per heavy atom. The zero-order valence-electron chi connectivity index (χ0n) is 11.3. The summed E-state index contributed by atoms with van der Waals surface area (Å²) in [5.74, 6) is -0.0457. The van der Waals surface area contributed by atoms with E-state index in [0.29, 0.717) is 13.1 Å². The van der Waals surface area contributed by atoms with Crippen LogP contribution >= 0.6 is 0 Å². The lowest BCUT2D eigenvalue weighted by atomic mass is 10.1. The van der Waals surface area contributed by atoms with Crippen LogP contribution in [0.15, 0.2) is 0 Å². The minimum Gasteiger partial charge on any atom is -0.310 e. The molecule has 96 valence electrons. The normalized spacial score (nSPS) is 30.8. The van der Waals surface area contributed by atoms with Crippen LogP contribution in [0.2, 0.25) is 0 Å². The van der Waals surface area contributed by atoms with E-state index in [0.717, 1.165) is 0 Å². The minimum absolute atomic E-state index is 0.0218. The molecule has 2 rings (SSSR count). The molecule has 2 unspecified atom stereocenters. The number of amides is 2. The van der Waals surface area contributed by atoms with Crippen molar-refractivity contribution in [3.63, 3.8) is 0 Å². The maximum absolute atomic E-state index is 12.0. The van der Waals surface area contributed by atoms with E-state index >= 15 is 0 Å². The van der Waals surface area contributed by atoms with Gasteiger partial charge in [-0.3, -0.25) is 14.5 Å². The standard InChI is InChI=1S/C13H22N2O2/c1-12(2,3)14-6-7-15-10(16)8-9(11(15)17)13(8,4)5/h8-9,14H,6-7H2,1-5H3. The Labute approximate surface area is 103 Å². The van der Waals surface area contributed by atoms with Crippen molar-refractivity contribution in [2.75, 3.05) is 13.1 Å². The third-order valence-electron chi connectivity index (χ3n) is 3.88. The lowest BCUT2D eigenvalue weighted by molar-refractivity contribution is -0.143. The summed E-state index contributed by atoms with van der Waals surface area (Å²) in [6.45, 7) is 11.4. The second kappa shape index (κ2) is 3.55. The molecule has 4 heteroatoms. The van der Waals surface area contributed by atoms with Crippen LogP contribution in [0.5, 0.6) is 0 Å². The molecule has 0 radical (unpaired) electrons. The van der Waals surface area contributed by atoms with Crippen LogP contribution in [-0.2, 0) is 9.59 Å². The summed E-state index contributed by atoms with van der Waals surface area (Å²) in [5.41, 5.74) is -0.0733. The highest BCUT2D eigenvalue weighted by molar-refractivity contribution is 6.10. The first-order chi connectivity index (χ1) is 7.66. The van der Waals surface area contributed by atoms with Gasteiger partial charge in [0.1, 0.15) is 0 Å². The molecule has 0 bridgehead atoms. The number of imide groups is 1. The van der Waals surface area contributed by atoms with Crippen molar-refractivity contribution in [3.05, 3.63) is 0 Å². The Balaban J connectivity index is 1.89. The van der Waals surface area contributed by atoms with Gasteiger partial charge in [-0.15, -0.1) is 0 Å². The van der Waals surface area contributed by atoms with E-state index < -0.39 is 0 Å². The highest BCUT2D eigenvalue weighted by Gasteiger charge is 2.72. The quantitative estimate of drug-likeness (QED) is 0.747. The maximum Gasteiger partial charge on any atom is 0.233 e. The van der Waals surface area contributed by atoms with Gasteiger partial charge in [0.25, 0.3) is 0 Å². The van der Waals surface area contributed by atoms with Gasteiger partial charge < -0.3 is 5.32 Å².